The largest absolute Gasteiger partial charge is 0.481 e. The lowest BCUT2D eigenvalue weighted by Gasteiger charge is -2.12. The van der Waals surface area contributed by atoms with Crippen LogP contribution in [0, 0.1) is 21.4 Å². The second-order valence-corrected chi connectivity index (χ2v) is 9.56. The number of ether oxygens (including phenoxy) is 1. The number of furan rings is 1. The van der Waals surface area contributed by atoms with Crippen LogP contribution in [-0.4, -0.2) is 20.8 Å². The van der Waals surface area contributed by atoms with Gasteiger partial charge < -0.3 is 9.15 Å². The average Bonchev–Trinajstić information content (AvgIpc) is 3.44. The zero-order valence-electron chi connectivity index (χ0n) is 21.6. The summed E-state index contributed by atoms with van der Waals surface area (Å²) in [4.78, 5) is 29.6. The molecular formula is C31H18ClN5O5. The van der Waals surface area contributed by atoms with Gasteiger partial charge in [-0.25, -0.2) is 4.98 Å². The van der Waals surface area contributed by atoms with Gasteiger partial charge in [0.05, 0.1) is 33.7 Å². The highest BCUT2D eigenvalue weighted by Crippen LogP contribution is 2.35. The molecule has 0 saturated carbocycles. The quantitative estimate of drug-likeness (QED) is 0.117. The minimum atomic E-state index is -0.627. The number of rotatable bonds is 7. The summed E-state index contributed by atoms with van der Waals surface area (Å²) in [6, 6.07) is 27.4. The van der Waals surface area contributed by atoms with Crippen molar-refractivity contribution in [2.24, 2.45) is 5.10 Å². The molecule has 0 N–H and O–H groups in total. The molecule has 0 aliphatic carbocycles. The van der Waals surface area contributed by atoms with Crippen LogP contribution < -0.4 is 10.3 Å². The fourth-order valence-corrected chi connectivity index (χ4v) is 4.72. The van der Waals surface area contributed by atoms with Crippen molar-refractivity contribution in [3.05, 3.63) is 133 Å². The van der Waals surface area contributed by atoms with Gasteiger partial charge in [0, 0.05) is 27.6 Å². The van der Waals surface area contributed by atoms with Crippen LogP contribution in [0.2, 0.25) is 5.02 Å². The topological polar surface area (TPSA) is 137 Å². The van der Waals surface area contributed by atoms with Crippen molar-refractivity contribution < 1.29 is 14.1 Å². The van der Waals surface area contributed by atoms with E-state index in [0.717, 1.165) is 16.1 Å². The van der Waals surface area contributed by atoms with Crippen LogP contribution in [0.3, 0.4) is 0 Å². The minimum absolute atomic E-state index is 0.0643. The van der Waals surface area contributed by atoms with Crippen LogP contribution in [0.5, 0.6) is 5.75 Å². The van der Waals surface area contributed by atoms with Crippen LogP contribution in [0.15, 0.2) is 105 Å². The number of benzene rings is 4. The van der Waals surface area contributed by atoms with Crippen molar-refractivity contribution in [3.63, 3.8) is 0 Å². The van der Waals surface area contributed by atoms with Crippen molar-refractivity contribution in [1.29, 1.82) is 5.26 Å². The number of aromatic nitrogens is 2. The summed E-state index contributed by atoms with van der Waals surface area (Å²) in [5.41, 5.74) is 1.21. The van der Waals surface area contributed by atoms with Gasteiger partial charge >= 0.3 is 5.69 Å². The van der Waals surface area contributed by atoms with Gasteiger partial charge in [-0.05, 0) is 36.4 Å². The van der Waals surface area contributed by atoms with Gasteiger partial charge in [-0.2, -0.15) is 15.0 Å². The molecule has 0 amide bonds. The predicted octanol–water partition coefficient (Wildman–Crippen LogP) is 6.70. The second-order valence-electron chi connectivity index (χ2n) is 9.12. The van der Waals surface area contributed by atoms with Crippen molar-refractivity contribution >= 4 is 45.4 Å². The van der Waals surface area contributed by atoms with E-state index in [1.807, 2.05) is 18.2 Å². The zero-order valence-corrected chi connectivity index (χ0v) is 22.4. The lowest BCUT2D eigenvalue weighted by atomic mass is 10.1. The molecule has 0 fully saturated rings. The number of hydrogen-bond donors (Lipinski definition) is 0. The van der Waals surface area contributed by atoms with E-state index < -0.39 is 16.2 Å². The maximum atomic E-state index is 13.6. The first kappa shape index (κ1) is 26.4. The number of hydrogen-bond acceptors (Lipinski definition) is 8. The SMILES string of the molecule is N#Cc1ccccc1COc1c(C=Nn2c(-c3cc4ccccc4o3)nc3ccccc3c2=O)cc(Cl)cc1[N+](=O)[O-]. The third-order valence-corrected chi connectivity index (χ3v) is 6.70. The monoisotopic (exact) mass is 575 g/mol. The smallest absolute Gasteiger partial charge is 0.313 e. The average molecular weight is 576 g/mol. The minimum Gasteiger partial charge on any atom is -0.481 e. The lowest BCUT2D eigenvalue weighted by molar-refractivity contribution is -0.385. The molecule has 11 heteroatoms. The van der Waals surface area contributed by atoms with Crippen molar-refractivity contribution in [3.8, 4) is 23.4 Å². The van der Waals surface area contributed by atoms with Gasteiger partial charge in [-0.1, -0.05) is 60.1 Å². The third kappa shape index (κ3) is 4.96. The van der Waals surface area contributed by atoms with E-state index >= 15 is 0 Å². The molecule has 0 bridgehead atoms. The van der Waals surface area contributed by atoms with Crippen LogP contribution in [0.4, 0.5) is 5.69 Å². The Morgan fingerprint density at radius 1 is 1.07 bits per heavy atom. The maximum Gasteiger partial charge on any atom is 0.313 e. The zero-order chi connectivity index (χ0) is 29.2. The van der Waals surface area contributed by atoms with E-state index in [9.17, 15) is 20.2 Å². The number of nitro groups is 1. The van der Waals surface area contributed by atoms with E-state index in [1.165, 1.54) is 12.3 Å². The molecule has 2 heterocycles. The first-order valence-electron chi connectivity index (χ1n) is 12.6. The Balaban J connectivity index is 1.50. The van der Waals surface area contributed by atoms with Gasteiger partial charge in [0.15, 0.2) is 5.76 Å². The fourth-order valence-electron chi connectivity index (χ4n) is 4.50. The van der Waals surface area contributed by atoms with Crippen LogP contribution >= 0.6 is 11.6 Å². The van der Waals surface area contributed by atoms with Crippen LogP contribution in [-0.2, 0) is 6.61 Å². The van der Waals surface area contributed by atoms with Crippen molar-refractivity contribution in [1.82, 2.24) is 9.66 Å². The summed E-state index contributed by atoms with van der Waals surface area (Å²) in [5.74, 6) is 0.305. The maximum absolute atomic E-state index is 13.6. The standard InChI is InChI=1S/C31H18ClN5O5/c32-23-13-22(29(26(15-23)37(39)40)41-18-21-9-2-1-8-20(21)16-33)17-34-36-30(28-14-19-7-3-6-12-27(19)42-28)35-25-11-5-4-10-24(25)31(36)38/h1-15,17H,18H2. The Hall–Kier alpha value is -5.79. The molecule has 0 radical (unpaired) electrons. The number of nitrogens with zero attached hydrogens (tertiary/aromatic N) is 5. The van der Waals surface area contributed by atoms with Gasteiger partial charge in [0.2, 0.25) is 11.6 Å². The molecule has 10 nitrogen and oxygen atoms in total. The summed E-state index contributed by atoms with van der Waals surface area (Å²) in [6.07, 6.45) is 1.24. The van der Waals surface area contributed by atoms with E-state index in [-0.39, 0.29) is 28.8 Å². The highest BCUT2D eigenvalue weighted by atomic mass is 35.5. The van der Waals surface area contributed by atoms with E-state index in [2.05, 4.69) is 16.2 Å². The number of halogens is 1. The predicted molar refractivity (Wildman–Crippen MR) is 158 cm³/mol. The molecule has 0 aliphatic rings. The number of para-hydroxylation sites is 2. The molecule has 42 heavy (non-hydrogen) atoms. The Morgan fingerprint density at radius 2 is 1.83 bits per heavy atom. The van der Waals surface area contributed by atoms with Crippen molar-refractivity contribution in [2.45, 2.75) is 6.61 Å². The highest BCUT2D eigenvalue weighted by Gasteiger charge is 2.22. The molecule has 6 rings (SSSR count). The Bertz CT molecular complexity index is 2110. The number of nitro benzene ring substituents is 1. The molecule has 6 aromatic rings. The van der Waals surface area contributed by atoms with E-state index in [4.69, 9.17) is 20.8 Å². The van der Waals surface area contributed by atoms with Gasteiger partial charge in [0.1, 0.15) is 12.2 Å². The number of nitriles is 1. The molecule has 0 saturated heterocycles. The van der Waals surface area contributed by atoms with Crippen LogP contribution in [0.1, 0.15) is 16.7 Å². The first-order valence-corrected chi connectivity index (χ1v) is 12.9. The molecule has 0 atom stereocenters. The van der Waals surface area contributed by atoms with Gasteiger partial charge in [-0.3, -0.25) is 14.9 Å². The Kier molecular flexibility index (Phi) is 6.92. The molecule has 0 aliphatic heterocycles. The fraction of sp³-hybridized carbons (Fsp3) is 0.0323. The Labute approximate surface area is 242 Å². The highest BCUT2D eigenvalue weighted by molar-refractivity contribution is 6.31. The first-order chi connectivity index (χ1) is 20.4. The molecule has 0 spiro atoms. The summed E-state index contributed by atoms with van der Waals surface area (Å²) in [7, 11) is 0. The molecule has 4 aromatic carbocycles. The molecular weight excluding hydrogens is 558 g/mol. The van der Waals surface area contributed by atoms with Gasteiger partial charge in [0.25, 0.3) is 5.56 Å². The van der Waals surface area contributed by atoms with E-state index in [1.54, 1.807) is 60.7 Å². The molecule has 0 unspecified atom stereocenters. The summed E-state index contributed by atoms with van der Waals surface area (Å²) in [5, 5.41) is 27.0. The lowest BCUT2D eigenvalue weighted by Crippen LogP contribution is -2.20. The molecule has 2 aromatic heterocycles. The normalized spacial score (nSPS) is 11.2. The summed E-state index contributed by atoms with van der Waals surface area (Å²) < 4.78 is 13.0. The van der Waals surface area contributed by atoms with Gasteiger partial charge in [-0.15, -0.1) is 0 Å². The third-order valence-electron chi connectivity index (χ3n) is 6.48. The van der Waals surface area contributed by atoms with Crippen molar-refractivity contribution in [2.75, 3.05) is 0 Å². The number of fused-ring (bicyclic) bond motifs is 2. The molecule has 204 valence electrons. The van der Waals surface area contributed by atoms with Crippen LogP contribution in [0.25, 0.3) is 33.5 Å². The van der Waals surface area contributed by atoms with E-state index in [0.29, 0.717) is 33.4 Å². The summed E-state index contributed by atoms with van der Waals surface area (Å²) in [6.45, 7) is -0.130. The Morgan fingerprint density at radius 3 is 2.64 bits per heavy atom. The summed E-state index contributed by atoms with van der Waals surface area (Å²) >= 11 is 6.23. The second kappa shape index (κ2) is 11.0.